The Hall–Kier alpha value is -0.280. The van der Waals surface area contributed by atoms with Gasteiger partial charge in [0.15, 0.2) is 0 Å². The number of carbonyl (C=O) groups is 1. The zero-order chi connectivity index (χ0) is 11.6. The van der Waals surface area contributed by atoms with Gasteiger partial charge in [-0.25, -0.2) is 0 Å². The Bertz CT molecular complexity index is 256. The van der Waals surface area contributed by atoms with Crippen molar-refractivity contribution in [3.63, 3.8) is 0 Å². The molecule has 0 aromatic heterocycles. The van der Waals surface area contributed by atoms with Gasteiger partial charge >= 0.3 is 0 Å². The number of amides is 1. The average Bonchev–Trinajstić information content (AvgIpc) is 3.03. The van der Waals surface area contributed by atoms with Crippen LogP contribution in [0.3, 0.4) is 0 Å². The van der Waals surface area contributed by atoms with Crippen molar-refractivity contribution in [1.82, 2.24) is 5.32 Å². The maximum absolute atomic E-state index is 11.7. The number of ether oxygens (including phenoxy) is 1. The molecule has 3 nitrogen and oxygen atoms in total. The van der Waals surface area contributed by atoms with Gasteiger partial charge in [-0.3, -0.25) is 4.79 Å². The minimum absolute atomic E-state index is 0.0767. The van der Waals surface area contributed by atoms with Crippen molar-refractivity contribution in [3.05, 3.63) is 0 Å². The van der Waals surface area contributed by atoms with E-state index in [9.17, 15) is 4.79 Å². The fourth-order valence-corrected chi connectivity index (χ4v) is 2.54. The van der Waals surface area contributed by atoms with E-state index in [1.165, 1.54) is 19.3 Å². The number of alkyl halides is 1. The molecule has 16 heavy (non-hydrogen) atoms. The molecular formula is C12H20ClNO2. The first-order chi connectivity index (χ1) is 7.65. The molecule has 2 aliphatic rings. The standard InChI is InChI=1S/C12H20ClNO2/c1-16-12(5-2-6-12)7-11(15)14-8-10(13)9-3-4-9/h9-10H,2-8H2,1H3,(H,14,15). The van der Waals surface area contributed by atoms with E-state index in [0.29, 0.717) is 18.9 Å². The molecule has 1 N–H and O–H groups in total. The van der Waals surface area contributed by atoms with E-state index in [1.54, 1.807) is 7.11 Å². The summed E-state index contributed by atoms with van der Waals surface area (Å²) in [5.74, 6) is 0.704. The number of hydrogen-bond donors (Lipinski definition) is 1. The molecule has 2 aliphatic carbocycles. The molecule has 92 valence electrons. The first kappa shape index (κ1) is 12.2. The third-order valence-electron chi connectivity index (χ3n) is 3.81. The first-order valence-corrected chi connectivity index (χ1v) is 6.55. The highest BCUT2D eigenvalue weighted by Crippen LogP contribution is 2.38. The molecule has 0 heterocycles. The van der Waals surface area contributed by atoms with Crippen molar-refractivity contribution >= 4 is 17.5 Å². The fraction of sp³-hybridized carbons (Fsp3) is 0.917. The molecule has 2 saturated carbocycles. The van der Waals surface area contributed by atoms with Crippen LogP contribution in [0.25, 0.3) is 0 Å². The third-order valence-corrected chi connectivity index (χ3v) is 4.32. The Morgan fingerprint density at radius 3 is 2.69 bits per heavy atom. The number of carbonyl (C=O) groups excluding carboxylic acids is 1. The van der Waals surface area contributed by atoms with Crippen LogP contribution in [0.4, 0.5) is 0 Å². The second-order valence-corrected chi connectivity index (χ2v) is 5.64. The zero-order valence-electron chi connectivity index (χ0n) is 9.80. The lowest BCUT2D eigenvalue weighted by molar-refractivity contribution is -0.134. The molecule has 1 atom stereocenters. The predicted octanol–water partition coefficient (Wildman–Crippen LogP) is 2.08. The average molecular weight is 246 g/mol. The lowest BCUT2D eigenvalue weighted by Crippen LogP contribution is -2.44. The van der Waals surface area contributed by atoms with Crippen LogP contribution in [0, 0.1) is 5.92 Å². The summed E-state index contributed by atoms with van der Waals surface area (Å²) in [6.07, 6.45) is 6.09. The van der Waals surface area contributed by atoms with Crippen LogP contribution in [0.5, 0.6) is 0 Å². The highest BCUT2D eigenvalue weighted by molar-refractivity contribution is 6.21. The summed E-state index contributed by atoms with van der Waals surface area (Å²) in [6.45, 7) is 0.602. The van der Waals surface area contributed by atoms with Crippen LogP contribution >= 0.6 is 11.6 Å². The second-order valence-electron chi connectivity index (χ2n) is 5.07. The fourth-order valence-electron chi connectivity index (χ4n) is 2.22. The van der Waals surface area contributed by atoms with E-state index in [4.69, 9.17) is 16.3 Å². The molecule has 0 saturated heterocycles. The Morgan fingerprint density at radius 2 is 2.25 bits per heavy atom. The summed E-state index contributed by atoms with van der Waals surface area (Å²) in [5, 5.41) is 3.03. The molecule has 0 aromatic carbocycles. The molecule has 0 aliphatic heterocycles. The highest BCUT2D eigenvalue weighted by Gasteiger charge is 2.39. The smallest absolute Gasteiger partial charge is 0.222 e. The number of halogens is 1. The number of rotatable bonds is 6. The molecule has 0 bridgehead atoms. The van der Waals surface area contributed by atoms with Gasteiger partial charge in [0.2, 0.25) is 5.91 Å². The Balaban J connectivity index is 1.67. The molecular weight excluding hydrogens is 226 g/mol. The van der Waals surface area contributed by atoms with E-state index in [2.05, 4.69) is 5.32 Å². The molecule has 4 heteroatoms. The van der Waals surface area contributed by atoms with E-state index in [1.807, 2.05) is 0 Å². The van der Waals surface area contributed by atoms with Gasteiger partial charge in [0.1, 0.15) is 0 Å². The second kappa shape index (κ2) is 4.92. The van der Waals surface area contributed by atoms with E-state index in [0.717, 1.165) is 12.8 Å². The van der Waals surface area contributed by atoms with Gasteiger partial charge in [-0.1, -0.05) is 0 Å². The van der Waals surface area contributed by atoms with E-state index in [-0.39, 0.29) is 16.9 Å². The molecule has 2 fully saturated rings. The van der Waals surface area contributed by atoms with E-state index < -0.39 is 0 Å². The van der Waals surface area contributed by atoms with Crippen LogP contribution in [-0.2, 0) is 9.53 Å². The first-order valence-electron chi connectivity index (χ1n) is 6.11. The lowest BCUT2D eigenvalue weighted by Gasteiger charge is -2.39. The van der Waals surface area contributed by atoms with Crippen molar-refractivity contribution in [3.8, 4) is 0 Å². The molecule has 1 amide bonds. The Kier molecular flexibility index (Phi) is 3.75. The maximum Gasteiger partial charge on any atom is 0.222 e. The van der Waals surface area contributed by atoms with Crippen molar-refractivity contribution in [2.24, 2.45) is 5.92 Å². The summed E-state index contributed by atoms with van der Waals surface area (Å²) in [5.41, 5.74) is -0.175. The quantitative estimate of drug-likeness (QED) is 0.728. The number of hydrogen-bond acceptors (Lipinski definition) is 2. The highest BCUT2D eigenvalue weighted by atomic mass is 35.5. The summed E-state index contributed by atoms with van der Waals surface area (Å²) < 4.78 is 5.42. The molecule has 0 radical (unpaired) electrons. The summed E-state index contributed by atoms with van der Waals surface area (Å²) >= 11 is 6.13. The van der Waals surface area contributed by atoms with Gasteiger partial charge < -0.3 is 10.1 Å². The van der Waals surface area contributed by atoms with Crippen molar-refractivity contribution in [1.29, 1.82) is 0 Å². The number of methoxy groups -OCH3 is 1. The SMILES string of the molecule is COC1(CC(=O)NCC(Cl)C2CC2)CCC1. The van der Waals surface area contributed by atoms with Crippen LogP contribution in [0.2, 0.25) is 0 Å². The maximum atomic E-state index is 11.7. The van der Waals surface area contributed by atoms with Gasteiger partial charge in [0, 0.05) is 13.7 Å². The van der Waals surface area contributed by atoms with Crippen LogP contribution in [0.15, 0.2) is 0 Å². The van der Waals surface area contributed by atoms with E-state index >= 15 is 0 Å². The number of nitrogens with one attached hydrogen (secondary N) is 1. The third kappa shape index (κ3) is 2.89. The Morgan fingerprint density at radius 1 is 1.56 bits per heavy atom. The molecule has 2 rings (SSSR count). The van der Waals surface area contributed by atoms with Crippen molar-refractivity contribution in [2.75, 3.05) is 13.7 Å². The normalized spacial score (nSPS) is 24.6. The van der Waals surface area contributed by atoms with Gasteiger partial charge in [-0.05, 0) is 38.0 Å². The topological polar surface area (TPSA) is 38.3 Å². The lowest BCUT2D eigenvalue weighted by atomic mass is 9.77. The van der Waals surface area contributed by atoms with Gasteiger partial charge in [0.25, 0.3) is 0 Å². The zero-order valence-corrected chi connectivity index (χ0v) is 10.6. The summed E-state index contributed by atoms with van der Waals surface area (Å²) in [6, 6.07) is 0. The predicted molar refractivity (Wildman–Crippen MR) is 63.6 cm³/mol. The van der Waals surface area contributed by atoms with Gasteiger partial charge in [0.05, 0.1) is 17.4 Å². The van der Waals surface area contributed by atoms with Crippen LogP contribution in [0.1, 0.15) is 38.5 Å². The molecule has 0 spiro atoms. The van der Waals surface area contributed by atoms with Crippen molar-refractivity contribution < 1.29 is 9.53 Å². The molecule has 1 unspecified atom stereocenters. The van der Waals surface area contributed by atoms with Crippen LogP contribution in [-0.4, -0.2) is 30.5 Å². The summed E-state index contributed by atoms with van der Waals surface area (Å²) in [7, 11) is 1.70. The minimum Gasteiger partial charge on any atom is -0.378 e. The Labute approximate surface area is 102 Å². The monoisotopic (exact) mass is 245 g/mol. The summed E-state index contributed by atoms with van der Waals surface area (Å²) in [4.78, 5) is 11.7. The molecule has 0 aromatic rings. The van der Waals surface area contributed by atoms with Crippen LogP contribution < -0.4 is 5.32 Å². The minimum atomic E-state index is -0.175. The van der Waals surface area contributed by atoms with Gasteiger partial charge in [-0.2, -0.15) is 0 Å². The van der Waals surface area contributed by atoms with Crippen molar-refractivity contribution in [2.45, 2.75) is 49.5 Å². The largest absolute Gasteiger partial charge is 0.378 e. The van der Waals surface area contributed by atoms with Gasteiger partial charge in [-0.15, -0.1) is 11.6 Å².